The number of nitrogens with zero attached hydrogens (tertiary/aromatic N) is 1. The SMILES string of the molecule is O=C1CCN(C[C@@H]2CCCC(=O)C2)CC1. The minimum absolute atomic E-state index is 0.394. The molecule has 1 aliphatic heterocycles. The van der Waals surface area contributed by atoms with Crippen molar-refractivity contribution in [3.8, 4) is 0 Å². The predicted molar refractivity (Wildman–Crippen MR) is 57.6 cm³/mol. The standard InChI is InChI=1S/C12H19NO2/c14-11-4-6-13(7-5-11)9-10-2-1-3-12(15)8-10/h10H,1-9H2/t10-/m1/s1. The normalized spacial score (nSPS) is 29.5. The molecule has 1 heterocycles. The maximum absolute atomic E-state index is 11.3. The van der Waals surface area contributed by atoms with Gasteiger partial charge in [-0.25, -0.2) is 0 Å². The Labute approximate surface area is 90.8 Å². The van der Waals surface area contributed by atoms with Gasteiger partial charge in [0.1, 0.15) is 11.6 Å². The van der Waals surface area contributed by atoms with E-state index >= 15 is 0 Å². The van der Waals surface area contributed by atoms with Gasteiger partial charge in [-0.3, -0.25) is 9.59 Å². The lowest BCUT2D eigenvalue weighted by Crippen LogP contribution is -2.38. The highest BCUT2D eigenvalue weighted by atomic mass is 16.1. The van der Waals surface area contributed by atoms with Gasteiger partial charge in [0.25, 0.3) is 0 Å². The largest absolute Gasteiger partial charge is 0.302 e. The topological polar surface area (TPSA) is 37.4 Å². The first-order valence-corrected chi connectivity index (χ1v) is 6.00. The molecule has 1 saturated heterocycles. The van der Waals surface area contributed by atoms with Gasteiger partial charge in [-0.05, 0) is 18.8 Å². The van der Waals surface area contributed by atoms with E-state index in [1.54, 1.807) is 0 Å². The Morgan fingerprint density at radius 1 is 1.07 bits per heavy atom. The van der Waals surface area contributed by atoms with E-state index in [4.69, 9.17) is 0 Å². The molecule has 0 unspecified atom stereocenters. The summed E-state index contributed by atoms with van der Waals surface area (Å²) in [6, 6.07) is 0. The Bertz CT molecular complexity index is 252. The first-order chi connectivity index (χ1) is 7.24. The van der Waals surface area contributed by atoms with Gasteiger partial charge in [0.2, 0.25) is 0 Å². The van der Waals surface area contributed by atoms with Crippen molar-refractivity contribution in [2.75, 3.05) is 19.6 Å². The maximum Gasteiger partial charge on any atom is 0.135 e. The van der Waals surface area contributed by atoms with Crippen LogP contribution in [0.15, 0.2) is 0 Å². The van der Waals surface area contributed by atoms with E-state index in [0.717, 1.165) is 38.9 Å². The third-order valence-electron chi connectivity index (χ3n) is 3.51. The van der Waals surface area contributed by atoms with Gasteiger partial charge in [-0.1, -0.05) is 0 Å². The van der Waals surface area contributed by atoms with Crippen molar-refractivity contribution in [2.24, 2.45) is 5.92 Å². The van der Waals surface area contributed by atoms with Gasteiger partial charge in [-0.2, -0.15) is 0 Å². The zero-order valence-corrected chi connectivity index (χ0v) is 9.21. The Morgan fingerprint density at radius 2 is 1.80 bits per heavy atom. The molecule has 0 radical (unpaired) electrons. The maximum atomic E-state index is 11.3. The van der Waals surface area contributed by atoms with Crippen LogP contribution in [0, 0.1) is 5.92 Å². The molecule has 2 rings (SSSR count). The summed E-state index contributed by atoms with van der Waals surface area (Å²) in [6.45, 7) is 2.84. The third kappa shape index (κ3) is 3.13. The molecule has 2 fully saturated rings. The quantitative estimate of drug-likeness (QED) is 0.690. The highest BCUT2D eigenvalue weighted by Crippen LogP contribution is 2.23. The van der Waals surface area contributed by atoms with Crippen LogP contribution in [0.25, 0.3) is 0 Å². The molecule has 2 aliphatic rings. The highest BCUT2D eigenvalue weighted by Gasteiger charge is 2.23. The summed E-state index contributed by atoms with van der Waals surface area (Å²) in [7, 11) is 0. The van der Waals surface area contributed by atoms with Crippen LogP contribution in [0.2, 0.25) is 0 Å². The molecule has 1 aliphatic carbocycles. The van der Waals surface area contributed by atoms with E-state index in [1.807, 2.05) is 0 Å². The Morgan fingerprint density at radius 3 is 2.47 bits per heavy atom. The molecule has 0 aromatic carbocycles. The Balaban J connectivity index is 1.76. The Hall–Kier alpha value is -0.700. The second kappa shape index (κ2) is 4.88. The molecule has 0 spiro atoms. The molecule has 0 aromatic heterocycles. The molecule has 0 N–H and O–H groups in total. The summed E-state index contributed by atoms with van der Waals surface area (Å²) in [5.41, 5.74) is 0. The van der Waals surface area contributed by atoms with Crippen LogP contribution < -0.4 is 0 Å². The van der Waals surface area contributed by atoms with Crippen LogP contribution in [-0.4, -0.2) is 36.1 Å². The molecule has 0 aromatic rings. The molecule has 3 heteroatoms. The minimum Gasteiger partial charge on any atom is -0.302 e. The number of hydrogen-bond acceptors (Lipinski definition) is 3. The van der Waals surface area contributed by atoms with Gasteiger partial charge in [-0.15, -0.1) is 0 Å². The fourth-order valence-electron chi connectivity index (χ4n) is 2.62. The fourth-order valence-corrected chi connectivity index (χ4v) is 2.62. The molecule has 84 valence electrons. The number of piperidine rings is 1. The molecule has 1 saturated carbocycles. The number of likely N-dealkylation sites (tertiary alicyclic amines) is 1. The number of carbonyl (C=O) groups excluding carboxylic acids is 2. The van der Waals surface area contributed by atoms with Crippen molar-refractivity contribution in [2.45, 2.75) is 38.5 Å². The lowest BCUT2D eigenvalue weighted by Gasteiger charge is -2.31. The van der Waals surface area contributed by atoms with E-state index in [2.05, 4.69) is 4.90 Å². The van der Waals surface area contributed by atoms with Crippen molar-refractivity contribution >= 4 is 11.6 Å². The number of carbonyl (C=O) groups is 2. The second-order valence-corrected chi connectivity index (χ2v) is 4.84. The molecule has 0 bridgehead atoms. The van der Waals surface area contributed by atoms with Crippen molar-refractivity contribution in [3.63, 3.8) is 0 Å². The van der Waals surface area contributed by atoms with Gasteiger partial charge >= 0.3 is 0 Å². The van der Waals surface area contributed by atoms with Crippen LogP contribution in [0.5, 0.6) is 0 Å². The summed E-state index contributed by atoms with van der Waals surface area (Å²) in [5.74, 6) is 1.38. The Kier molecular flexibility index (Phi) is 3.52. The predicted octanol–water partition coefficient (Wildman–Crippen LogP) is 1.41. The molecule has 3 nitrogen and oxygen atoms in total. The summed E-state index contributed by atoms with van der Waals surface area (Å²) in [6.07, 6.45) is 5.23. The number of rotatable bonds is 2. The van der Waals surface area contributed by atoms with Gasteiger partial charge < -0.3 is 4.90 Å². The number of Topliss-reactive ketones (excluding diaryl/α,β-unsaturated/α-hetero) is 2. The van der Waals surface area contributed by atoms with Crippen LogP contribution in [-0.2, 0) is 9.59 Å². The van der Waals surface area contributed by atoms with Crippen molar-refractivity contribution in [1.29, 1.82) is 0 Å². The van der Waals surface area contributed by atoms with E-state index in [9.17, 15) is 9.59 Å². The summed E-state index contributed by atoms with van der Waals surface area (Å²) in [5, 5.41) is 0. The van der Waals surface area contributed by atoms with Crippen LogP contribution >= 0.6 is 0 Å². The molecular weight excluding hydrogens is 190 g/mol. The van der Waals surface area contributed by atoms with Crippen molar-refractivity contribution < 1.29 is 9.59 Å². The monoisotopic (exact) mass is 209 g/mol. The van der Waals surface area contributed by atoms with E-state index in [0.29, 0.717) is 30.3 Å². The lowest BCUT2D eigenvalue weighted by molar-refractivity contribution is -0.123. The van der Waals surface area contributed by atoms with E-state index in [1.165, 1.54) is 6.42 Å². The molecular formula is C12H19NO2. The second-order valence-electron chi connectivity index (χ2n) is 4.84. The van der Waals surface area contributed by atoms with E-state index in [-0.39, 0.29) is 0 Å². The first kappa shape index (κ1) is 10.8. The average molecular weight is 209 g/mol. The van der Waals surface area contributed by atoms with Crippen molar-refractivity contribution in [3.05, 3.63) is 0 Å². The smallest absolute Gasteiger partial charge is 0.135 e. The van der Waals surface area contributed by atoms with Gasteiger partial charge in [0.15, 0.2) is 0 Å². The summed E-state index contributed by atoms with van der Waals surface area (Å²) in [4.78, 5) is 24.7. The van der Waals surface area contributed by atoms with Gasteiger partial charge in [0.05, 0.1) is 0 Å². The van der Waals surface area contributed by atoms with Crippen LogP contribution in [0.3, 0.4) is 0 Å². The lowest BCUT2D eigenvalue weighted by atomic mass is 9.87. The van der Waals surface area contributed by atoms with Crippen LogP contribution in [0.1, 0.15) is 38.5 Å². The minimum atomic E-state index is 0.394. The van der Waals surface area contributed by atoms with Crippen molar-refractivity contribution in [1.82, 2.24) is 4.90 Å². The fraction of sp³-hybridized carbons (Fsp3) is 0.833. The summed E-state index contributed by atoms with van der Waals surface area (Å²) < 4.78 is 0. The van der Waals surface area contributed by atoms with Gasteiger partial charge in [0, 0.05) is 45.3 Å². The molecule has 0 amide bonds. The number of ketones is 2. The van der Waals surface area contributed by atoms with Crippen LogP contribution in [0.4, 0.5) is 0 Å². The number of hydrogen-bond donors (Lipinski definition) is 0. The molecule has 1 atom stereocenters. The average Bonchev–Trinajstić information content (AvgIpc) is 2.22. The summed E-state index contributed by atoms with van der Waals surface area (Å²) >= 11 is 0. The zero-order valence-electron chi connectivity index (χ0n) is 9.21. The third-order valence-corrected chi connectivity index (χ3v) is 3.51. The zero-order chi connectivity index (χ0) is 10.7. The molecule has 15 heavy (non-hydrogen) atoms. The first-order valence-electron chi connectivity index (χ1n) is 6.00. The van der Waals surface area contributed by atoms with E-state index < -0.39 is 0 Å². The highest BCUT2D eigenvalue weighted by molar-refractivity contribution is 5.80.